The first-order valence-corrected chi connectivity index (χ1v) is 11.4. The number of alkyl halides is 3. The number of hydrogen-bond donors (Lipinski definition) is 1. The Morgan fingerprint density at radius 1 is 1.00 bits per heavy atom. The Labute approximate surface area is 193 Å². The largest absolute Gasteiger partial charge is 0.416 e. The topological polar surface area (TPSA) is 47.5 Å². The van der Waals surface area contributed by atoms with E-state index >= 15 is 0 Å². The van der Waals surface area contributed by atoms with E-state index in [1.54, 1.807) is 11.6 Å². The monoisotopic (exact) mass is 460 g/mol. The molecule has 0 spiro atoms. The van der Waals surface area contributed by atoms with Gasteiger partial charge in [0.1, 0.15) is 11.6 Å². The number of allylic oxidation sites excluding steroid dienone is 1. The highest BCUT2D eigenvalue weighted by Gasteiger charge is 2.30. The summed E-state index contributed by atoms with van der Waals surface area (Å²) in [5.41, 5.74) is 1.43. The molecule has 1 aromatic carbocycles. The van der Waals surface area contributed by atoms with Crippen molar-refractivity contribution in [2.75, 3.05) is 61.9 Å². The molecule has 0 radical (unpaired) electrons. The van der Waals surface area contributed by atoms with E-state index < -0.39 is 11.7 Å². The SMILES string of the molecule is CN(C)c1cc(Nc2ccc(C(F)(F)F)cc2)nc(N2CCN(CC3=CCCCC3)CC2)n1. The van der Waals surface area contributed by atoms with Crippen LogP contribution < -0.4 is 15.1 Å². The highest BCUT2D eigenvalue weighted by molar-refractivity contribution is 5.62. The summed E-state index contributed by atoms with van der Waals surface area (Å²) in [7, 11) is 3.81. The average molecular weight is 461 g/mol. The summed E-state index contributed by atoms with van der Waals surface area (Å²) in [5, 5.41) is 3.13. The predicted octanol–water partition coefficient (Wildman–Crippen LogP) is 4.93. The van der Waals surface area contributed by atoms with Crippen molar-refractivity contribution in [2.24, 2.45) is 0 Å². The second kappa shape index (κ2) is 9.99. The van der Waals surface area contributed by atoms with Crippen molar-refractivity contribution in [3.8, 4) is 0 Å². The number of piperazine rings is 1. The maximum atomic E-state index is 12.8. The Morgan fingerprint density at radius 3 is 2.33 bits per heavy atom. The first kappa shape index (κ1) is 23.4. The Hall–Kier alpha value is -2.81. The minimum Gasteiger partial charge on any atom is -0.363 e. The van der Waals surface area contributed by atoms with Gasteiger partial charge >= 0.3 is 6.18 Å². The molecule has 33 heavy (non-hydrogen) atoms. The molecule has 1 aromatic heterocycles. The van der Waals surface area contributed by atoms with Crippen molar-refractivity contribution in [3.63, 3.8) is 0 Å². The average Bonchev–Trinajstić information content (AvgIpc) is 2.80. The molecule has 1 saturated heterocycles. The van der Waals surface area contributed by atoms with Gasteiger partial charge in [-0.15, -0.1) is 0 Å². The van der Waals surface area contributed by atoms with Crippen molar-refractivity contribution < 1.29 is 13.2 Å². The molecule has 0 atom stereocenters. The van der Waals surface area contributed by atoms with Crippen LogP contribution in [-0.2, 0) is 6.18 Å². The fourth-order valence-corrected chi connectivity index (χ4v) is 4.19. The van der Waals surface area contributed by atoms with Crippen molar-refractivity contribution >= 4 is 23.3 Å². The number of aromatic nitrogens is 2. The Kier molecular flexibility index (Phi) is 7.07. The summed E-state index contributed by atoms with van der Waals surface area (Å²) in [6.07, 6.45) is 3.07. The smallest absolute Gasteiger partial charge is 0.363 e. The number of nitrogens with zero attached hydrogens (tertiary/aromatic N) is 5. The number of benzene rings is 1. The minimum absolute atomic E-state index is 0.544. The Balaban J connectivity index is 1.45. The van der Waals surface area contributed by atoms with Gasteiger partial charge in [-0.3, -0.25) is 4.90 Å². The molecular formula is C24H31F3N6. The van der Waals surface area contributed by atoms with E-state index in [0.29, 0.717) is 17.5 Å². The van der Waals surface area contributed by atoms with Gasteiger partial charge in [-0.2, -0.15) is 23.1 Å². The normalized spacial score (nSPS) is 17.6. The molecule has 2 heterocycles. The van der Waals surface area contributed by atoms with Crippen LogP contribution in [-0.4, -0.2) is 61.7 Å². The van der Waals surface area contributed by atoms with Gasteiger partial charge in [0.15, 0.2) is 0 Å². The molecule has 6 nitrogen and oxygen atoms in total. The zero-order valence-electron chi connectivity index (χ0n) is 19.2. The molecule has 1 aliphatic heterocycles. The Morgan fingerprint density at radius 2 is 1.73 bits per heavy atom. The lowest BCUT2D eigenvalue weighted by Gasteiger charge is -2.35. The molecule has 1 fully saturated rings. The van der Waals surface area contributed by atoms with Gasteiger partial charge in [0.25, 0.3) is 0 Å². The summed E-state index contributed by atoms with van der Waals surface area (Å²) in [6, 6.07) is 6.76. The molecule has 178 valence electrons. The van der Waals surface area contributed by atoms with Crippen molar-refractivity contribution in [1.29, 1.82) is 0 Å². The van der Waals surface area contributed by atoms with Crippen LogP contribution in [0, 0.1) is 0 Å². The molecule has 0 unspecified atom stereocenters. The van der Waals surface area contributed by atoms with E-state index in [1.807, 2.05) is 19.0 Å². The summed E-state index contributed by atoms with van der Waals surface area (Å²) in [4.78, 5) is 15.9. The highest BCUT2D eigenvalue weighted by atomic mass is 19.4. The minimum atomic E-state index is -4.35. The summed E-state index contributed by atoms with van der Waals surface area (Å²) >= 11 is 0. The zero-order chi connectivity index (χ0) is 23.4. The van der Waals surface area contributed by atoms with Crippen LogP contribution in [0.2, 0.25) is 0 Å². The van der Waals surface area contributed by atoms with Crippen LogP contribution in [0.5, 0.6) is 0 Å². The van der Waals surface area contributed by atoms with Gasteiger partial charge in [-0.25, -0.2) is 0 Å². The molecular weight excluding hydrogens is 429 g/mol. The van der Waals surface area contributed by atoms with Gasteiger partial charge in [-0.05, 0) is 49.9 Å². The van der Waals surface area contributed by atoms with Crippen molar-refractivity contribution in [2.45, 2.75) is 31.9 Å². The quantitative estimate of drug-likeness (QED) is 0.617. The van der Waals surface area contributed by atoms with Gasteiger partial charge in [0, 0.05) is 58.6 Å². The molecule has 0 amide bonds. The summed E-state index contributed by atoms with van der Waals surface area (Å²) < 4.78 is 38.5. The molecule has 9 heteroatoms. The van der Waals surface area contributed by atoms with Crippen LogP contribution in [0.15, 0.2) is 42.0 Å². The van der Waals surface area contributed by atoms with E-state index in [9.17, 15) is 13.2 Å². The number of rotatable bonds is 6. The third kappa shape index (κ3) is 6.16. The predicted molar refractivity (Wildman–Crippen MR) is 126 cm³/mol. The van der Waals surface area contributed by atoms with Gasteiger partial charge in [0.2, 0.25) is 5.95 Å². The number of hydrogen-bond acceptors (Lipinski definition) is 6. The fourth-order valence-electron chi connectivity index (χ4n) is 4.19. The highest BCUT2D eigenvalue weighted by Crippen LogP contribution is 2.31. The first-order chi connectivity index (χ1) is 15.8. The van der Waals surface area contributed by atoms with Crippen LogP contribution >= 0.6 is 0 Å². The van der Waals surface area contributed by atoms with Gasteiger partial charge < -0.3 is 15.1 Å². The van der Waals surface area contributed by atoms with E-state index in [1.165, 1.54) is 37.8 Å². The maximum Gasteiger partial charge on any atom is 0.416 e. The third-order valence-electron chi connectivity index (χ3n) is 6.11. The van der Waals surface area contributed by atoms with Crippen LogP contribution in [0.1, 0.15) is 31.2 Å². The first-order valence-electron chi connectivity index (χ1n) is 11.4. The van der Waals surface area contributed by atoms with E-state index in [2.05, 4.69) is 26.2 Å². The van der Waals surface area contributed by atoms with E-state index in [-0.39, 0.29) is 0 Å². The lowest BCUT2D eigenvalue weighted by atomic mass is 9.99. The standard InChI is InChI=1S/C24H31F3N6/c1-31(2)22-16-21(28-20-10-8-19(9-11-20)24(25,26)27)29-23(30-22)33-14-12-32(13-15-33)17-18-6-4-3-5-7-18/h6,8-11,16H,3-5,7,12-15,17H2,1-2H3,(H,28,29,30). The molecule has 4 rings (SSSR count). The summed E-state index contributed by atoms with van der Waals surface area (Å²) in [6.45, 7) is 4.63. The number of anilines is 4. The van der Waals surface area contributed by atoms with Crippen molar-refractivity contribution in [1.82, 2.24) is 14.9 Å². The van der Waals surface area contributed by atoms with Crippen LogP contribution in [0.25, 0.3) is 0 Å². The number of nitrogens with one attached hydrogen (secondary N) is 1. The van der Waals surface area contributed by atoms with E-state index in [0.717, 1.165) is 50.7 Å². The molecule has 1 N–H and O–H groups in total. The lowest BCUT2D eigenvalue weighted by molar-refractivity contribution is -0.137. The molecule has 0 saturated carbocycles. The maximum absolute atomic E-state index is 12.8. The zero-order valence-corrected chi connectivity index (χ0v) is 19.2. The van der Waals surface area contributed by atoms with E-state index in [4.69, 9.17) is 4.98 Å². The second-order valence-electron chi connectivity index (χ2n) is 8.88. The third-order valence-corrected chi connectivity index (χ3v) is 6.11. The Bertz CT molecular complexity index is 963. The number of halogens is 3. The summed E-state index contributed by atoms with van der Waals surface area (Å²) in [5.74, 6) is 1.93. The van der Waals surface area contributed by atoms with Gasteiger partial charge in [0.05, 0.1) is 5.56 Å². The lowest BCUT2D eigenvalue weighted by Crippen LogP contribution is -2.47. The molecule has 0 bridgehead atoms. The molecule has 2 aromatic rings. The molecule has 2 aliphatic rings. The second-order valence-corrected chi connectivity index (χ2v) is 8.88. The fraction of sp³-hybridized carbons (Fsp3) is 0.500. The van der Waals surface area contributed by atoms with Crippen molar-refractivity contribution in [3.05, 3.63) is 47.5 Å². The van der Waals surface area contributed by atoms with Gasteiger partial charge in [-0.1, -0.05) is 11.6 Å². The van der Waals surface area contributed by atoms with Crippen LogP contribution in [0.4, 0.5) is 36.4 Å². The van der Waals surface area contributed by atoms with Crippen LogP contribution in [0.3, 0.4) is 0 Å². The molecule has 1 aliphatic carbocycles.